The van der Waals surface area contributed by atoms with Crippen LogP contribution in [-0.4, -0.2) is 50.7 Å². The molecule has 0 aromatic heterocycles. The number of amides is 1. The van der Waals surface area contributed by atoms with Crippen molar-refractivity contribution in [2.45, 2.75) is 11.8 Å². The minimum Gasteiger partial charge on any atom is -0.398 e. The van der Waals surface area contributed by atoms with Crippen molar-refractivity contribution in [2.75, 3.05) is 32.9 Å². The first-order valence-corrected chi connectivity index (χ1v) is 8.67. The van der Waals surface area contributed by atoms with Crippen molar-refractivity contribution in [3.63, 3.8) is 0 Å². The molecule has 0 aliphatic carbocycles. The molecule has 0 radical (unpaired) electrons. The number of carbonyl (C=O) groups is 1. The van der Waals surface area contributed by atoms with Gasteiger partial charge in [-0.05, 0) is 28.1 Å². The molecule has 0 aliphatic rings. The molecule has 0 heterocycles. The molecule has 0 spiro atoms. The van der Waals surface area contributed by atoms with Crippen molar-refractivity contribution in [3.05, 3.63) is 21.6 Å². The van der Waals surface area contributed by atoms with E-state index in [1.807, 2.05) is 0 Å². The van der Waals surface area contributed by atoms with Gasteiger partial charge in [0, 0.05) is 31.4 Å². The molecule has 0 atom stereocenters. The van der Waals surface area contributed by atoms with Crippen LogP contribution in [0.25, 0.3) is 0 Å². The van der Waals surface area contributed by atoms with E-state index >= 15 is 0 Å². The summed E-state index contributed by atoms with van der Waals surface area (Å²) in [5, 5.41) is 0.212. The van der Waals surface area contributed by atoms with Crippen molar-refractivity contribution >= 4 is 49.1 Å². The summed E-state index contributed by atoms with van der Waals surface area (Å²) < 4.78 is 26.6. The molecule has 0 aliphatic heterocycles. The Morgan fingerprint density at radius 1 is 1.38 bits per heavy atom. The number of hydrogen-bond donors (Lipinski definition) is 1. The maximum atomic E-state index is 12.7. The van der Waals surface area contributed by atoms with E-state index in [2.05, 4.69) is 15.9 Å². The molecule has 0 saturated heterocycles. The van der Waals surface area contributed by atoms with Crippen molar-refractivity contribution in [1.29, 1.82) is 0 Å². The predicted octanol–water partition coefficient (Wildman–Crippen LogP) is 1.78. The van der Waals surface area contributed by atoms with Gasteiger partial charge in [0.1, 0.15) is 0 Å². The molecule has 1 aromatic rings. The van der Waals surface area contributed by atoms with Gasteiger partial charge in [0.25, 0.3) is 0 Å². The molecule has 0 unspecified atom stereocenters. The van der Waals surface area contributed by atoms with Crippen LogP contribution < -0.4 is 5.73 Å². The van der Waals surface area contributed by atoms with Gasteiger partial charge in [-0.15, -0.1) is 0 Å². The second-order valence-corrected chi connectivity index (χ2v) is 7.66. The molecule has 2 N–H and O–H groups in total. The number of nitrogen functional groups attached to an aromatic ring is 1. The van der Waals surface area contributed by atoms with Gasteiger partial charge in [0.05, 0.1) is 15.9 Å². The standard InChI is InChI=1S/C12H17BrClN3O3S/c1-4-17(7-11(18)16(2)3)21(19,20)10-6-8(14)5-9(15)12(10)13/h5-6H,4,7,15H2,1-3H3. The highest BCUT2D eigenvalue weighted by Crippen LogP contribution is 2.33. The number of sulfonamides is 1. The fourth-order valence-electron chi connectivity index (χ4n) is 1.57. The molecule has 0 saturated carbocycles. The maximum absolute atomic E-state index is 12.7. The first-order chi connectivity index (χ1) is 9.61. The van der Waals surface area contributed by atoms with Crippen LogP contribution in [0.1, 0.15) is 6.92 Å². The lowest BCUT2D eigenvalue weighted by Gasteiger charge is -2.22. The molecule has 6 nitrogen and oxygen atoms in total. The van der Waals surface area contributed by atoms with Gasteiger partial charge in [-0.1, -0.05) is 18.5 Å². The van der Waals surface area contributed by atoms with Crippen LogP contribution in [0.4, 0.5) is 5.69 Å². The Morgan fingerprint density at radius 3 is 2.43 bits per heavy atom. The average molecular weight is 399 g/mol. The minimum absolute atomic E-state index is 0.0547. The Hall–Kier alpha value is -0.830. The van der Waals surface area contributed by atoms with Gasteiger partial charge in [0.15, 0.2) is 0 Å². The predicted molar refractivity (Wildman–Crippen MR) is 86.7 cm³/mol. The Labute approximate surface area is 138 Å². The minimum atomic E-state index is -3.88. The Bertz CT molecular complexity index is 649. The number of nitrogens with two attached hydrogens (primary N) is 1. The molecular weight excluding hydrogens is 382 g/mol. The summed E-state index contributed by atoms with van der Waals surface area (Å²) in [5.41, 5.74) is 5.94. The van der Waals surface area contributed by atoms with E-state index in [0.29, 0.717) is 0 Å². The zero-order chi connectivity index (χ0) is 16.4. The average Bonchev–Trinajstić information content (AvgIpc) is 2.39. The third-order valence-electron chi connectivity index (χ3n) is 2.81. The first kappa shape index (κ1) is 18.2. The van der Waals surface area contributed by atoms with Crippen LogP contribution in [0.5, 0.6) is 0 Å². The highest BCUT2D eigenvalue weighted by molar-refractivity contribution is 9.10. The molecule has 118 valence electrons. The van der Waals surface area contributed by atoms with Crippen LogP contribution in [0, 0.1) is 0 Å². The number of benzene rings is 1. The van der Waals surface area contributed by atoms with E-state index in [4.69, 9.17) is 17.3 Å². The second kappa shape index (κ2) is 6.95. The van der Waals surface area contributed by atoms with Crippen LogP contribution in [0.15, 0.2) is 21.5 Å². The third kappa shape index (κ3) is 4.09. The van der Waals surface area contributed by atoms with Crippen molar-refractivity contribution in [3.8, 4) is 0 Å². The lowest BCUT2D eigenvalue weighted by Crippen LogP contribution is -2.40. The van der Waals surface area contributed by atoms with Gasteiger partial charge in [-0.2, -0.15) is 4.31 Å². The number of likely N-dealkylation sites (N-methyl/N-ethyl adjacent to an activating group) is 2. The fourth-order valence-corrected chi connectivity index (χ4v) is 4.22. The Kier molecular flexibility index (Phi) is 6.03. The van der Waals surface area contributed by atoms with Gasteiger partial charge < -0.3 is 10.6 Å². The lowest BCUT2D eigenvalue weighted by atomic mass is 10.3. The summed E-state index contributed by atoms with van der Waals surface area (Å²) in [5.74, 6) is -0.313. The summed E-state index contributed by atoms with van der Waals surface area (Å²) in [6.45, 7) is 1.56. The molecule has 0 bridgehead atoms. The van der Waals surface area contributed by atoms with E-state index in [0.717, 1.165) is 4.31 Å². The molecule has 0 fully saturated rings. The van der Waals surface area contributed by atoms with Gasteiger partial charge in [-0.25, -0.2) is 8.42 Å². The number of nitrogens with zero attached hydrogens (tertiary/aromatic N) is 2. The second-order valence-electron chi connectivity index (χ2n) is 4.53. The van der Waals surface area contributed by atoms with E-state index in [9.17, 15) is 13.2 Å². The molecule has 9 heteroatoms. The third-order valence-corrected chi connectivity index (χ3v) is 6.12. The van der Waals surface area contributed by atoms with Gasteiger partial charge >= 0.3 is 0 Å². The number of anilines is 1. The highest BCUT2D eigenvalue weighted by atomic mass is 79.9. The molecular formula is C12H17BrClN3O3S. The summed E-state index contributed by atoms with van der Waals surface area (Å²) in [4.78, 5) is 13.0. The zero-order valence-corrected chi connectivity index (χ0v) is 15.1. The molecule has 1 aromatic carbocycles. The van der Waals surface area contributed by atoms with Gasteiger partial charge in [-0.3, -0.25) is 4.79 Å². The number of carbonyl (C=O) groups excluding carboxylic acids is 1. The topological polar surface area (TPSA) is 83.7 Å². The molecule has 21 heavy (non-hydrogen) atoms. The van der Waals surface area contributed by atoms with E-state index < -0.39 is 10.0 Å². The first-order valence-electron chi connectivity index (χ1n) is 6.06. The number of rotatable bonds is 5. The summed E-state index contributed by atoms with van der Waals surface area (Å²) in [7, 11) is -0.750. The lowest BCUT2D eigenvalue weighted by molar-refractivity contribution is -0.128. The normalized spacial score (nSPS) is 11.7. The molecule has 1 rings (SSSR count). The smallest absolute Gasteiger partial charge is 0.244 e. The van der Waals surface area contributed by atoms with Crippen LogP contribution >= 0.6 is 27.5 Å². The largest absolute Gasteiger partial charge is 0.398 e. The van der Waals surface area contributed by atoms with Crippen molar-refractivity contribution in [1.82, 2.24) is 9.21 Å². The van der Waals surface area contributed by atoms with Crippen LogP contribution in [0.2, 0.25) is 5.02 Å². The number of hydrogen-bond acceptors (Lipinski definition) is 4. The summed E-state index contributed by atoms with van der Waals surface area (Å²) in [6.07, 6.45) is 0. The summed E-state index contributed by atoms with van der Waals surface area (Å²) >= 11 is 9.03. The van der Waals surface area contributed by atoms with E-state index in [1.54, 1.807) is 21.0 Å². The van der Waals surface area contributed by atoms with Crippen molar-refractivity contribution < 1.29 is 13.2 Å². The van der Waals surface area contributed by atoms with E-state index in [-0.39, 0.29) is 39.1 Å². The van der Waals surface area contributed by atoms with Crippen LogP contribution in [-0.2, 0) is 14.8 Å². The van der Waals surface area contributed by atoms with Crippen LogP contribution in [0.3, 0.4) is 0 Å². The summed E-state index contributed by atoms with van der Waals surface area (Å²) in [6, 6.07) is 2.76. The number of halogens is 2. The zero-order valence-electron chi connectivity index (χ0n) is 11.9. The monoisotopic (exact) mass is 397 g/mol. The quantitative estimate of drug-likeness (QED) is 0.766. The Balaban J connectivity index is 3.29. The van der Waals surface area contributed by atoms with Gasteiger partial charge in [0.2, 0.25) is 15.9 Å². The van der Waals surface area contributed by atoms with E-state index in [1.165, 1.54) is 17.0 Å². The van der Waals surface area contributed by atoms with Crippen molar-refractivity contribution in [2.24, 2.45) is 0 Å². The molecule has 1 amide bonds. The Morgan fingerprint density at radius 2 is 1.95 bits per heavy atom. The SMILES string of the molecule is CCN(CC(=O)N(C)C)S(=O)(=O)c1cc(Cl)cc(N)c1Br. The fraction of sp³-hybridized carbons (Fsp3) is 0.417. The highest BCUT2D eigenvalue weighted by Gasteiger charge is 2.28. The maximum Gasteiger partial charge on any atom is 0.244 e.